The second-order valence-corrected chi connectivity index (χ2v) is 10.2. The number of anilines is 2. The highest BCUT2D eigenvalue weighted by atomic mass is 19.4. The predicted molar refractivity (Wildman–Crippen MR) is 123 cm³/mol. The van der Waals surface area contributed by atoms with Crippen molar-refractivity contribution in [2.75, 3.05) is 17.2 Å². The van der Waals surface area contributed by atoms with E-state index in [-0.39, 0.29) is 34.9 Å². The summed E-state index contributed by atoms with van der Waals surface area (Å²) in [4.78, 5) is 14.8. The monoisotopic (exact) mass is 506 g/mol. The summed E-state index contributed by atoms with van der Waals surface area (Å²) in [6, 6.07) is 0.874. The zero-order valence-electron chi connectivity index (χ0n) is 19.7. The van der Waals surface area contributed by atoms with Gasteiger partial charge in [-0.1, -0.05) is 0 Å². The topological polar surface area (TPSA) is 89.2 Å². The third-order valence-electron chi connectivity index (χ3n) is 7.49. The van der Waals surface area contributed by atoms with Crippen LogP contribution in [0.15, 0.2) is 12.4 Å². The van der Waals surface area contributed by atoms with Crippen LogP contribution in [0, 0.1) is 18.6 Å². The van der Waals surface area contributed by atoms with E-state index in [0.717, 1.165) is 25.8 Å². The molecule has 7 nitrogen and oxygen atoms in total. The van der Waals surface area contributed by atoms with Crippen molar-refractivity contribution in [1.82, 2.24) is 20.3 Å². The van der Waals surface area contributed by atoms with Crippen LogP contribution < -0.4 is 20.7 Å². The molecule has 0 radical (unpaired) electrons. The number of nitrogens with one attached hydrogen (secondary N) is 1. The lowest BCUT2D eigenvalue weighted by atomic mass is 9.89. The number of hydrogen-bond acceptors (Lipinski definition) is 7. The smallest absolute Gasteiger partial charge is 0.417 e. The number of pyridine rings is 1. The minimum absolute atomic E-state index is 0.0822. The first-order valence-corrected chi connectivity index (χ1v) is 11.6. The van der Waals surface area contributed by atoms with E-state index < -0.39 is 51.5 Å². The molecule has 2 bridgehead atoms. The van der Waals surface area contributed by atoms with Gasteiger partial charge in [-0.05, 0) is 45.2 Å². The highest BCUT2D eigenvalue weighted by molar-refractivity contribution is 5.97. The van der Waals surface area contributed by atoms with E-state index in [0.29, 0.717) is 12.4 Å². The van der Waals surface area contributed by atoms with Gasteiger partial charge in [-0.2, -0.15) is 13.2 Å². The first-order valence-electron chi connectivity index (χ1n) is 11.6. The molecule has 190 valence electrons. The molecule has 0 amide bonds. The normalized spacial score (nSPS) is 24.4. The standard InChI is InChI=1S/C24H23F5N6O/c1-9-15(24(27,28)29)11(6-12(30)16(9)25)18-17(26)19-14-21(32-8-31-19)35-7-10-4-5-13(33-10)20(35)23(2,3)36-22(14)34-18/h6,8,10,13,20,33H,4-5,7,30H2,1-3H3. The largest absolute Gasteiger partial charge is 0.469 e. The van der Waals surface area contributed by atoms with Gasteiger partial charge in [-0.3, -0.25) is 0 Å². The lowest BCUT2D eigenvalue weighted by Gasteiger charge is -2.47. The van der Waals surface area contributed by atoms with Gasteiger partial charge < -0.3 is 20.7 Å². The molecule has 2 fully saturated rings. The maximum atomic E-state index is 16.0. The number of halogens is 5. The maximum Gasteiger partial charge on any atom is 0.417 e. The summed E-state index contributed by atoms with van der Waals surface area (Å²) in [5.74, 6) is -1.97. The number of ether oxygens (including phenoxy) is 1. The highest BCUT2D eigenvalue weighted by Gasteiger charge is 2.52. The summed E-state index contributed by atoms with van der Waals surface area (Å²) >= 11 is 0. The lowest BCUT2D eigenvalue weighted by Crippen LogP contribution is -2.66. The molecule has 3 atom stereocenters. The Balaban J connectivity index is 1.66. The second-order valence-electron chi connectivity index (χ2n) is 10.2. The first kappa shape index (κ1) is 23.1. The molecule has 12 heteroatoms. The number of aromatic nitrogens is 3. The number of nitrogens with zero attached hydrogens (tertiary/aromatic N) is 4. The molecule has 1 aromatic carbocycles. The van der Waals surface area contributed by atoms with Crippen LogP contribution in [0.5, 0.6) is 5.88 Å². The van der Waals surface area contributed by atoms with Crippen LogP contribution in [0.3, 0.4) is 0 Å². The highest BCUT2D eigenvalue weighted by Crippen LogP contribution is 2.48. The van der Waals surface area contributed by atoms with E-state index in [4.69, 9.17) is 10.5 Å². The van der Waals surface area contributed by atoms with Crippen LogP contribution in [0.25, 0.3) is 22.2 Å². The quantitative estimate of drug-likeness (QED) is 0.375. The Labute approximate surface area is 202 Å². The van der Waals surface area contributed by atoms with Crippen molar-refractivity contribution in [3.63, 3.8) is 0 Å². The molecule has 5 heterocycles. The summed E-state index contributed by atoms with van der Waals surface area (Å²) in [7, 11) is 0. The van der Waals surface area contributed by atoms with Gasteiger partial charge in [0.05, 0.1) is 17.3 Å². The summed E-state index contributed by atoms with van der Waals surface area (Å²) in [6.45, 7) is 5.28. The molecule has 2 saturated heterocycles. The van der Waals surface area contributed by atoms with Crippen molar-refractivity contribution in [3.8, 4) is 17.1 Å². The number of nitrogens with two attached hydrogens (primary N) is 1. The van der Waals surface area contributed by atoms with E-state index in [1.807, 2.05) is 13.8 Å². The third kappa shape index (κ3) is 3.16. The van der Waals surface area contributed by atoms with Gasteiger partial charge in [0.25, 0.3) is 0 Å². The molecule has 3 unspecified atom stereocenters. The van der Waals surface area contributed by atoms with E-state index >= 15 is 4.39 Å². The first-order chi connectivity index (χ1) is 16.9. The van der Waals surface area contributed by atoms with Crippen molar-refractivity contribution in [2.45, 2.75) is 63.5 Å². The Hall–Kier alpha value is -3.28. The molecular weight excluding hydrogens is 483 g/mol. The molecule has 6 rings (SSSR count). The molecule has 2 aromatic heterocycles. The summed E-state index contributed by atoms with van der Waals surface area (Å²) in [5, 5.41) is 3.78. The number of hydrogen-bond donors (Lipinski definition) is 2. The van der Waals surface area contributed by atoms with Crippen LogP contribution in [-0.4, -0.2) is 45.2 Å². The predicted octanol–water partition coefficient (Wildman–Crippen LogP) is 4.36. The van der Waals surface area contributed by atoms with Crippen molar-refractivity contribution < 1.29 is 26.7 Å². The fraction of sp³-hybridized carbons (Fsp3) is 0.458. The third-order valence-corrected chi connectivity index (χ3v) is 7.49. The Kier molecular flexibility index (Phi) is 4.74. The fourth-order valence-electron chi connectivity index (χ4n) is 6.10. The minimum Gasteiger partial charge on any atom is -0.469 e. The van der Waals surface area contributed by atoms with E-state index in [9.17, 15) is 17.6 Å². The molecule has 0 spiro atoms. The number of fused-ring (bicyclic) bond motifs is 5. The minimum atomic E-state index is -4.99. The molecule has 3 aromatic rings. The van der Waals surface area contributed by atoms with Crippen LogP contribution in [-0.2, 0) is 6.18 Å². The average Bonchev–Trinajstić information content (AvgIpc) is 3.12. The second kappa shape index (κ2) is 7.37. The van der Waals surface area contributed by atoms with Gasteiger partial charge >= 0.3 is 6.18 Å². The molecule has 0 saturated carbocycles. The van der Waals surface area contributed by atoms with Gasteiger partial charge in [-0.25, -0.2) is 23.7 Å². The Morgan fingerprint density at radius 3 is 2.64 bits per heavy atom. The van der Waals surface area contributed by atoms with Gasteiger partial charge in [0.2, 0.25) is 5.88 Å². The van der Waals surface area contributed by atoms with E-state index in [1.165, 1.54) is 6.33 Å². The number of alkyl halides is 3. The number of piperazine rings is 1. The fourth-order valence-corrected chi connectivity index (χ4v) is 6.10. The average molecular weight is 506 g/mol. The van der Waals surface area contributed by atoms with Gasteiger partial charge in [0.15, 0.2) is 5.82 Å². The van der Waals surface area contributed by atoms with Crippen LogP contribution in [0.2, 0.25) is 0 Å². The van der Waals surface area contributed by atoms with Gasteiger partial charge in [-0.15, -0.1) is 0 Å². The Morgan fingerprint density at radius 2 is 1.92 bits per heavy atom. The lowest BCUT2D eigenvalue weighted by molar-refractivity contribution is -0.137. The molecular formula is C24H23F5N6O. The van der Waals surface area contributed by atoms with Crippen LogP contribution in [0.4, 0.5) is 33.5 Å². The maximum absolute atomic E-state index is 16.0. The van der Waals surface area contributed by atoms with Gasteiger partial charge in [0, 0.05) is 24.2 Å². The molecule has 36 heavy (non-hydrogen) atoms. The zero-order valence-corrected chi connectivity index (χ0v) is 19.7. The van der Waals surface area contributed by atoms with E-state index in [2.05, 4.69) is 25.2 Å². The molecule has 3 N–H and O–H groups in total. The Morgan fingerprint density at radius 1 is 1.17 bits per heavy atom. The summed E-state index contributed by atoms with van der Waals surface area (Å²) < 4.78 is 78.9. The number of rotatable bonds is 1. The Bertz CT molecular complexity index is 1420. The molecule has 3 aliphatic rings. The molecule has 3 aliphatic heterocycles. The summed E-state index contributed by atoms with van der Waals surface area (Å²) in [5.41, 5.74) is 0.571. The zero-order chi connectivity index (χ0) is 25.7. The number of benzene rings is 1. The van der Waals surface area contributed by atoms with Crippen molar-refractivity contribution in [1.29, 1.82) is 0 Å². The van der Waals surface area contributed by atoms with Crippen LogP contribution >= 0.6 is 0 Å². The molecule has 0 aliphatic carbocycles. The summed E-state index contributed by atoms with van der Waals surface area (Å²) in [6.07, 6.45) is -1.92. The van der Waals surface area contributed by atoms with Crippen molar-refractivity contribution >= 4 is 22.4 Å². The van der Waals surface area contributed by atoms with Gasteiger partial charge in [0.1, 0.15) is 40.2 Å². The van der Waals surface area contributed by atoms with Crippen molar-refractivity contribution in [3.05, 3.63) is 35.2 Å². The number of nitrogen functional groups attached to an aromatic ring is 1. The van der Waals surface area contributed by atoms with Crippen LogP contribution in [0.1, 0.15) is 37.8 Å². The van der Waals surface area contributed by atoms with E-state index in [1.54, 1.807) is 0 Å². The van der Waals surface area contributed by atoms with Crippen molar-refractivity contribution in [2.24, 2.45) is 0 Å². The SMILES string of the molecule is Cc1c(F)c(N)cc(-c2nc3c4c(ncnc4c2F)N2CC4CCC(N4)C2C(C)(C)O3)c1C(F)(F)F.